The van der Waals surface area contributed by atoms with E-state index in [0.29, 0.717) is 0 Å². The quantitative estimate of drug-likeness (QED) is 0.0581. The number of hydrogen-bond donors (Lipinski definition) is 4. The molecule has 0 bridgehead atoms. The number of fused-ring (bicyclic) bond motifs is 2. The van der Waals surface area contributed by atoms with Crippen molar-refractivity contribution < 1.29 is 194 Å². The maximum atomic E-state index is 13.4. The van der Waals surface area contributed by atoms with Crippen molar-refractivity contribution in [2.75, 3.05) is 35.7 Å². The first kappa shape index (κ1) is 59.3. The maximum absolute atomic E-state index is 13.4. The molecule has 0 saturated heterocycles. The van der Waals surface area contributed by atoms with Gasteiger partial charge in [-0.05, 0) is 96.1 Å². The van der Waals surface area contributed by atoms with Crippen molar-refractivity contribution in [2.45, 2.75) is 9.79 Å². The number of hydrazone groups is 2. The molecule has 324 valence electrons. The molecule has 66 heavy (non-hydrogen) atoms. The Balaban J connectivity index is 0.00000374. The largest absolute Gasteiger partial charge is 1.00 e. The maximum Gasteiger partial charge on any atom is 1.00 e. The molecule has 2 aliphatic carbocycles. The number of rotatable bonds is 12. The van der Waals surface area contributed by atoms with Crippen molar-refractivity contribution in [3.8, 4) is 11.5 Å². The van der Waals surface area contributed by atoms with Gasteiger partial charge in [0.1, 0.15) is 63.4 Å². The second-order valence-corrected chi connectivity index (χ2v) is 18.0. The van der Waals surface area contributed by atoms with Crippen LogP contribution < -0.4 is 149 Å². The summed E-state index contributed by atoms with van der Waals surface area (Å²) in [6.45, 7) is 0. The summed E-state index contributed by atoms with van der Waals surface area (Å²) in [6.07, 6.45) is 1.64. The Kier molecular flexibility index (Phi) is 20.8. The first-order valence-electron chi connectivity index (χ1n) is 16.7. The molecule has 23 nitrogen and oxygen atoms in total. The van der Waals surface area contributed by atoms with Crippen LogP contribution in [-0.4, -0.2) is 95.1 Å². The van der Waals surface area contributed by atoms with Gasteiger partial charge < -0.3 is 38.3 Å². The van der Waals surface area contributed by atoms with E-state index in [1.165, 1.54) is 24.3 Å². The molecule has 2 aliphatic rings. The first-order chi connectivity index (χ1) is 28.9. The number of urea groups is 1. The van der Waals surface area contributed by atoms with Crippen LogP contribution in [0.4, 0.5) is 27.5 Å². The van der Waals surface area contributed by atoms with E-state index < -0.39 is 89.1 Å². The number of carbonyl (C=O) groups excluding carboxylic acids is 3. The molecule has 31 heteroatoms. The molecular formula is C35H24N6Na4O17S4. The number of methoxy groups -OCH3 is 2. The van der Waals surface area contributed by atoms with E-state index in [-0.39, 0.29) is 175 Å². The van der Waals surface area contributed by atoms with Crippen LogP contribution in [0.15, 0.2) is 103 Å². The standard InChI is InChI=1S/C35H28N6O17S4.4Na/c1-57-27-15-21(59(45,46)47)5-9-25(27)38-40-31-29(61(51,52)53)13-17-11-19(3-7-23(17)33(31)42)36-35(44)37-20-4-8-24-18(12-20)14-30(62(54,55)56)32(34(24)43)41-39-26-10-6-22(60(48,49)50)16-28(26)58-2;;;;/h3-16,38-39H,1-2H3,(H2,36,37,44)(H,45,46,47)(H,48,49,50)(H,51,52,53)(H,54,55,56);;;;/q;4*+1/p-4/b40-31-,41-32-;;;;. The van der Waals surface area contributed by atoms with Crippen LogP contribution in [0, 0.1) is 0 Å². The molecule has 0 heterocycles. The van der Waals surface area contributed by atoms with E-state index >= 15 is 0 Å². The third-order valence-corrected chi connectivity index (χ3v) is 12.0. The van der Waals surface area contributed by atoms with Gasteiger partial charge in [-0.3, -0.25) is 20.4 Å². The van der Waals surface area contributed by atoms with Crippen molar-refractivity contribution in [3.63, 3.8) is 0 Å². The molecule has 0 aliphatic heterocycles. The molecule has 4 aromatic carbocycles. The minimum atomic E-state index is -5.39. The molecule has 2 amide bonds. The molecule has 0 fully saturated rings. The summed E-state index contributed by atoms with van der Waals surface area (Å²) in [7, 11) is -18.3. The molecule has 4 aromatic rings. The van der Waals surface area contributed by atoms with E-state index in [1.807, 2.05) is 0 Å². The molecule has 0 saturated carbocycles. The van der Waals surface area contributed by atoms with Gasteiger partial charge in [0.05, 0.1) is 45.2 Å². The van der Waals surface area contributed by atoms with Gasteiger partial charge >= 0.3 is 124 Å². The zero-order chi connectivity index (χ0) is 45.5. The number of amides is 2. The number of nitrogens with one attached hydrogen (secondary N) is 4. The van der Waals surface area contributed by atoms with E-state index in [1.54, 1.807) is 0 Å². The molecule has 0 radical (unpaired) electrons. The number of nitrogens with zero attached hydrogens (tertiary/aromatic N) is 2. The van der Waals surface area contributed by atoms with Crippen LogP contribution >= 0.6 is 0 Å². The van der Waals surface area contributed by atoms with E-state index in [0.717, 1.165) is 74.9 Å². The molecular weight excluding hydrogens is 997 g/mol. The topological polar surface area (TPSA) is 371 Å². The summed E-state index contributed by atoms with van der Waals surface area (Å²) in [6, 6.07) is 11.8. The fraction of sp³-hybridized carbons (Fsp3) is 0.0571. The number of ketones is 2. The number of ether oxygens (including phenoxy) is 2. The fourth-order valence-electron chi connectivity index (χ4n) is 5.79. The van der Waals surface area contributed by atoms with Crippen molar-refractivity contribution in [3.05, 3.63) is 105 Å². The Labute approximate surface area is 464 Å². The molecule has 0 atom stereocenters. The molecule has 6 rings (SSSR count). The van der Waals surface area contributed by atoms with Gasteiger partial charge in [-0.2, -0.15) is 10.2 Å². The van der Waals surface area contributed by atoms with Crippen molar-refractivity contribution in [1.82, 2.24) is 0 Å². The minimum absolute atomic E-state index is 0. The van der Waals surface area contributed by atoms with Gasteiger partial charge in [-0.1, -0.05) is 0 Å². The summed E-state index contributed by atoms with van der Waals surface area (Å²) < 4.78 is 152. The Morgan fingerprint density at radius 1 is 0.515 bits per heavy atom. The van der Waals surface area contributed by atoms with Gasteiger partial charge in [-0.15, -0.1) is 0 Å². The SMILES string of the molecule is COc1cc(S(=O)(=O)[O-])ccc1N/N=C1\C(=O)c2ccc(NC(=O)Nc3ccc4c(c3)C=C(S(=O)(=O)[O-])/C(=N/Nc3ccc(S(=O)(=O)[O-])cc3OC)C4=O)cc2C=C1S(=O)(=O)[O-].[Na+].[Na+].[Na+].[Na+]. The number of carbonyl (C=O) groups is 3. The van der Waals surface area contributed by atoms with E-state index in [4.69, 9.17) is 9.47 Å². The van der Waals surface area contributed by atoms with Crippen LogP contribution in [0.2, 0.25) is 0 Å². The number of anilines is 4. The van der Waals surface area contributed by atoms with Crippen molar-refractivity contribution in [1.29, 1.82) is 0 Å². The molecule has 0 unspecified atom stereocenters. The molecule has 0 aromatic heterocycles. The number of Topliss-reactive ketones (excluding diaryl/α,β-unsaturated/α-hetero) is 2. The smallest absolute Gasteiger partial charge is 0.744 e. The van der Waals surface area contributed by atoms with Crippen LogP contribution in [0.5, 0.6) is 11.5 Å². The third-order valence-electron chi connectivity index (χ3n) is 8.62. The predicted octanol–water partition coefficient (Wildman–Crippen LogP) is -9.73. The number of allylic oxidation sites excluding steroid dienone is 2. The van der Waals surface area contributed by atoms with Crippen LogP contribution in [-0.2, 0) is 40.5 Å². The molecule has 4 N–H and O–H groups in total. The minimum Gasteiger partial charge on any atom is -0.744 e. The van der Waals surface area contributed by atoms with Gasteiger partial charge in [0, 0.05) is 22.5 Å². The van der Waals surface area contributed by atoms with Gasteiger partial charge in [0.25, 0.3) is 0 Å². The monoisotopic (exact) mass is 1020 g/mol. The zero-order valence-electron chi connectivity index (χ0n) is 35.1. The van der Waals surface area contributed by atoms with E-state index in [2.05, 4.69) is 31.7 Å². The number of benzene rings is 4. The average Bonchev–Trinajstić information content (AvgIpc) is 3.18. The van der Waals surface area contributed by atoms with Crippen molar-refractivity contribution >= 4 is 104 Å². The second kappa shape index (κ2) is 23.2. The van der Waals surface area contributed by atoms with E-state index in [9.17, 15) is 66.3 Å². The summed E-state index contributed by atoms with van der Waals surface area (Å²) in [5, 5.41) is 12.4. The molecule has 0 spiro atoms. The summed E-state index contributed by atoms with van der Waals surface area (Å²) in [4.78, 5) is 36.4. The van der Waals surface area contributed by atoms with Crippen LogP contribution in [0.25, 0.3) is 12.2 Å². The third kappa shape index (κ3) is 13.7. The van der Waals surface area contributed by atoms with Gasteiger partial charge in [-0.25, -0.2) is 38.5 Å². The first-order valence-corrected chi connectivity index (χ1v) is 22.3. The summed E-state index contributed by atoms with van der Waals surface area (Å²) in [5.41, 5.74) is 2.03. The Hall–Kier alpha value is -2.85. The Bertz CT molecular complexity index is 3030. The summed E-state index contributed by atoms with van der Waals surface area (Å²) in [5.74, 6) is -2.57. The Morgan fingerprint density at radius 3 is 1.17 bits per heavy atom. The average molecular weight is 1020 g/mol. The fourth-order valence-corrected chi connectivity index (χ4v) is 8.05. The second-order valence-electron chi connectivity index (χ2n) is 12.5. The van der Waals surface area contributed by atoms with Gasteiger partial charge in [0.2, 0.25) is 11.6 Å². The number of hydrogen-bond acceptors (Lipinski definition) is 21. The zero-order valence-corrected chi connectivity index (χ0v) is 46.3. The van der Waals surface area contributed by atoms with Crippen molar-refractivity contribution in [2.24, 2.45) is 10.2 Å². The van der Waals surface area contributed by atoms with Crippen LogP contribution in [0.1, 0.15) is 31.8 Å². The predicted molar refractivity (Wildman–Crippen MR) is 214 cm³/mol. The van der Waals surface area contributed by atoms with Crippen LogP contribution in [0.3, 0.4) is 0 Å². The summed E-state index contributed by atoms with van der Waals surface area (Å²) >= 11 is 0. The normalized spacial score (nSPS) is 14.6. The Morgan fingerprint density at radius 2 is 0.864 bits per heavy atom. The van der Waals surface area contributed by atoms with Gasteiger partial charge in [0.15, 0.2) is 0 Å².